The molecule has 6 heteroatoms. The lowest BCUT2D eigenvalue weighted by molar-refractivity contribution is 0.305. The van der Waals surface area contributed by atoms with E-state index in [1.54, 1.807) is 12.1 Å². The third kappa shape index (κ3) is 3.01. The molecule has 2 N–H and O–H groups in total. The Bertz CT molecular complexity index is 1190. The SMILES string of the molecule is COc1cc2c(cc1O)oc(=O)c1c(O)cc(OCc3ccccc3)cc12. The third-order valence-corrected chi connectivity index (χ3v) is 4.32. The number of rotatable bonds is 4. The standard InChI is InChI=1S/C21H16O6/c1-25-19-9-14-15-7-13(26-11-12-5-3-2-4-6-12)8-17(23)20(15)21(24)27-18(14)10-16(19)22/h2-10,22-23H,11H2,1H3. The fraction of sp³-hybridized carbons (Fsp3) is 0.0952. The van der Waals surface area contributed by atoms with Crippen molar-refractivity contribution >= 4 is 21.7 Å². The molecule has 1 aromatic heterocycles. The molecule has 136 valence electrons. The average Bonchev–Trinajstić information content (AvgIpc) is 2.66. The fourth-order valence-corrected chi connectivity index (χ4v) is 3.01. The number of fused-ring (bicyclic) bond motifs is 3. The van der Waals surface area contributed by atoms with Crippen LogP contribution in [0.25, 0.3) is 21.7 Å². The van der Waals surface area contributed by atoms with Gasteiger partial charge in [0.15, 0.2) is 11.5 Å². The topological polar surface area (TPSA) is 89.1 Å². The van der Waals surface area contributed by atoms with Crippen molar-refractivity contribution in [1.29, 1.82) is 0 Å². The first-order valence-corrected chi connectivity index (χ1v) is 8.24. The smallest absolute Gasteiger partial charge is 0.347 e. The molecule has 0 unspecified atom stereocenters. The number of aromatic hydroxyl groups is 2. The highest BCUT2D eigenvalue weighted by atomic mass is 16.5. The van der Waals surface area contributed by atoms with Crippen LogP contribution in [0.1, 0.15) is 5.56 Å². The van der Waals surface area contributed by atoms with Gasteiger partial charge in [-0.2, -0.15) is 0 Å². The number of hydrogen-bond acceptors (Lipinski definition) is 6. The summed E-state index contributed by atoms with van der Waals surface area (Å²) in [5, 5.41) is 21.3. The van der Waals surface area contributed by atoms with Gasteiger partial charge in [-0.15, -0.1) is 0 Å². The molecule has 4 rings (SSSR count). The zero-order chi connectivity index (χ0) is 19.0. The number of phenolic OH excluding ortho intramolecular Hbond substituents is 2. The summed E-state index contributed by atoms with van der Waals surface area (Å²) >= 11 is 0. The molecule has 0 saturated carbocycles. The van der Waals surface area contributed by atoms with Crippen molar-refractivity contribution in [1.82, 2.24) is 0 Å². The Morgan fingerprint density at radius 1 is 0.963 bits per heavy atom. The molecule has 0 aliphatic rings. The van der Waals surface area contributed by atoms with E-state index in [0.717, 1.165) is 5.56 Å². The Hall–Kier alpha value is -3.67. The van der Waals surface area contributed by atoms with E-state index in [1.807, 2.05) is 30.3 Å². The normalized spacial score (nSPS) is 11.0. The Kier molecular flexibility index (Phi) is 4.08. The van der Waals surface area contributed by atoms with Gasteiger partial charge in [-0.3, -0.25) is 0 Å². The summed E-state index contributed by atoms with van der Waals surface area (Å²) in [7, 11) is 1.42. The highest BCUT2D eigenvalue weighted by Crippen LogP contribution is 2.37. The van der Waals surface area contributed by atoms with Crippen molar-refractivity contribution in [2.75, 3.05) is 7.11 Å². The van der Waals surface area contributed by atoms with Crippen LogP contribution in [0.2, 0.25) is 0 Å². The van der Waals surface area contributed by atoms with Crippen LogP contribution >= 0.6 is 0 Å². The van der Waals surface area contributed by atoms with Gasteiger partial charge in [-0.25, -0.2) is 4.79 Å². The van der Waals surface area contributed by atoms with Crippen LogP contribution in [0.4, 0.5) is 0 Å². The molecule has 0 atom stereocenters. The van der Waals surface area contributed by atoms with Gasteiger partial charge in [-0.05, 0) is 17.7 Å². The fourth-order valence-electron chi connectivity index (χ4n) is 3.01. The molecular weight excluding hydrogens is 348 g/mol. The summed E-state index contributed by atoms with van der Waals surface area (Å²) < 4.78 is 16.1. The quantitative estimate of drug-likeness (QED) is 0.421. The molecule has 0 aliphatic heterocycles. The first-order chi connectivity index (χ1) is 13.1. The Balaban J connectivity index is 1.88. The van der Waals surface area contributed by atoms with E-state index in [1.165, 1.54) is 19.2 Å². The lowest BCUT2D eigenvalue weighted by Gasteiger charge is -2.11. The molecule has 27 heavy (non-hydrogen) atoms. The molecule has 3 aromatic carbocycles. The average molecular weight is 364 g/mol. The maximum atomic E-state index is 12.3. The number of phenols is 2. The molecule has 0 bridgehead atoms. The van der Waals surface area contributed by atoms with Gasteiger partial charge in [0, 0.05) is 22.9 Å². The van der Waals surface area contributed by atoms with E-state index in [-0.39, 0.29) is 28.2 Å². The molecule has 0 spiro atoms. The third-order valence-electron chi connectivity index (χ3n) is 4.32. The number of hydrogen-bond donors (Lipinski definition) is 2. The maximum Gasteiger partial charge on any atom is 0.347 e. The lowest BCUT2D eigenvalue weighted by atomic mass is 10.1. The Morgan fingerprint density at radius 3 is 2.48 bits per heavy atom. The van der Waals surface area contributed by atoms with Crippen molar-refractivity contribution in [3.63, 3.8) is 0 Å². The zero-order valence-corrected chi connectivity index (χ0v) is 14.4. The molecule has 0 fully saturated rings. The van der Waals surface area contributed by atoms with Crippen LogP contribution < -0.4 is 15.1 Å². The summed E-state index contributed by atoms with van der Waals surface area (Å²) in [6.07, 6.45) is 0. The Labute approximate surface area is 153 Å². The van der Waals surface area contributed by atoms with E-state index < -0.39 is 5.63 Å². The summed E-state index contributed by atoms with van der Waals surface area (Å²) in [5.74, 6) is 0.252. The molecule has 1 heterocycles. The molecule has 0 aliphatic carbocycles. The van der Waals surface area contributed by atoms with Crippen molar-refractivity contribution in [2.24, 2.45) is 0 Å². The second kappa shape index (κ2) is 6.57. The van der Waals surface area contributed by atoms with Gasteiger partial charge in [0.2, 0.25) is 0 Å². The van der Waals surface area contributed by atoms with E-state index in [9.17, 15) is 15.0 Å². The van der Waals surface area contributed by atoms with Crippen LogP contribution in [0, 0.1) is 0 Å². The monoisotopic (exact) mass is 364 g/mol. The zero-order valence-electron chi connectivity index (χ0n) is 14.4. The summed E-state index contributed by atoms with van der Waals surface area (Å²) in [6.45, 7) is 0.315. The first-order valence-electron chi connectivity index (χ1n) is 8.24. The van der Waals surface area contributed by atoms with E-state index in [0.29, 0.717) is 23.1 Å². The molecule has 6 nitrogen and oxygen atoms in total. The van der Waals surface area contributed by atoms with Gasteiger partial charge < -0.3 is 24.1 Å². The molecule has 0 radical (unpaired) electrons. The number of methoxy groups -OCH3 is 1. The van der Waals surface area contributed by atoms with Crippen LogP contribution in [0.3, 0.4) is 0 Å². The van der Waals surface area contributed by atoms with Crippen molar-refractivity contribution in [3.8, 4) is 23.0 Å². The van der Waals surface area contributed by atoms with Crippen LogP contribution in [-0.2, 0) is 6.61 Å². The second-order valence-electron chi connectivity index (χ2n) is 6.05. The van der Waals surface area contributed by atoms with Crippen LogP contribution in [0.15, 0.2) is 63.8 Å². The van der Waals surface area contributed by atoms with Crippen molar-refractivity contribution < 1.29 is 24.1 Å². The van der Waals surface area contributed by atoms with Gasteiger partial charge in [0.25, 0.3) is 0 Å². The highest BCUT2D eigenvalue weighted by Gasteiger charge is 2.16. The predicted octanol–water partition coefficient (Wildman–Crippen LogP) is 3.95. The predicted molar refractivity (Wildman–Crippen MR) is 101 cm³/mol. The van der Waals surface area contributed by atoms with Crippen LogP contribution in [0.5, 0.6) is 23.0 Å². The minimum Gasteiger partial charge on any atom is -0.507 e. The van der Waals surface area contributed by atoms with Gasteiger partial charge in [0.1, 0.15) is 29.1 Å². The van der Waals surface area contributed by atoms with E-state index in [4.69, 9.17) is 13.9 Å². The summed E-state index contributed by atoms with van der Waals surface area (Å²) in [4.78, 5) is 12.3. The molecule has 0 amide bonds. The molecule has 0 saturated heterocycles. The van der Waals surface area contributed by atoms with Gasteiger partial charge in [0.05, 0.1) is 7.11 Å². The number of ether oxygens (including phenoxy) is 2. The van der Waals surface area contributed by atoms with Crippen molar-refractivity contribution in [2.45, 2.75) is 6.61 Å². The highest BCUT2D eigenvalue weighted by molar-refractivity contribution is 6.07. The van der Waals surface area contributed by atoms with Gasteiger partial charge >= 0.3 is 5.63 Å². The second-order valence-corrected chi connectivity index (χ2v) is 6.05. The Morgan fingerprint density at radius 2 is 1.74 bits per heavy atom. The largest absolute Gasteiger partial charge is 0.507 e. The minimum absolute atomic E-state index is 0.0438. The summed E-state index contributed by atoms with van der Waals surface area (Å²) in [5.41, 5.74) is 0.459. The lowest BCUT2D eigenvalue weighted by Crippen LogP contribution is -2.02. The minimum atomic E-state index is -0.700. The van der Waals surface area contributed by atoms with Crippen molar-refractivity contribution in [3.05, 3.63) is 70.6 Å². The van der Waals surface area contributed by atoms with E-state index >= 15 is 0 Å². The number of benzene rings is 3. The molecule has 4 aromatic rings. The summed E-state index contributed by atoms with van der Waals surface area (Å²) in [6, 6.07) is 15.5. The van der Waals surface area contributed by atoms with Crippen LogP contribution in [-0.4, -0.2) is 17.3 Å². The van der Waals surface area contributed by atoms with E-state index in [2.05, 4.69) is 0 Å². The molecular formula is C21H16O6. The van der Waals surface area contributed by atoms with Gasteiger partial charge in [-0.1, -0.05) is 30.3 Å². The first kappa shape index (κ1) is 16.8. The maximum absolute atomic E-state index is 12.3.